The maximum absolute atomic E-state index is 5.82. The number of nitrogens with zero attached hydrogens (tertiary/aromatic N) is 6. The first-order chi connectivity index (χ1) is 15.1. The lowest BCUT2D eigenvalue weighted by molar-refractivity contribution is -0.00545. The molecule has 2 atom stereocenters. The Bertz CT molecular complexity index is 828. The van der Waals surface area contributed by atoms with E-state index >= 15 is 0 Å². The van der Waals surface area contributed by atoms with E-state index in [-0.39, 0.29) is 36.2 Å². The molecule has 2 fully saturated rings. The standard InChI is InChI=1S/C22H33N7O2.HI/c1-17-14-29(15-18(2)31-17)21-5-4-19(12-24-21)13-25-22(23-3)28-9-7-27(8-10-28)16-20-6-11-30-26-20;/h4-6,11-12,17-18H,7-10,13-16H2,1-3H3,(H,23,25);1H. The number of morpholine rings is 1. The lowest BCUT2D eigenvalue weighted by Gasteiger charge is -2.36. The van der Waals surface area contributed by atoms with Gasteiger partial charge in [-0.1, -0.05) is 11.2 Å². The van der Waals surface area contributed by atoms with Gasteiger partial charge in [0.05, 0.1) is 17.9 Å². The zero-order valence-corrected chi connectivity index (χ0v) is 21.4. The molecule has 176 valence electrons. The number of guanidine groups is 1. The van der Waals surface area contributed by atoms with Crippen molar-refractivity contribution in [3.05, 3.63) is 41.9 Å². The van der Waals surface area contributed by atoms with Crippen molar-refractivity contribution in [3.63, 3.8) is 0 Å². The van der Waals surface area contributed by atoms with Gasteiger partial charge in [0.25, 0.3) is 0 Å². The van der Waals surface area contributed by atoms with Crippen LogP contribution in [0.1, 0.15) is 25.1 Å². The van der Waals surface area contributed by atoms with Gasteiger partial charge in [0.15, 0.2) is 5.96 Å². The minimum absolute atomic E-state index is 0. The third-order valence-corrected chi connectivity index (χ3v) is 5.76. The van der Waals surface area contributed by atoms with Crippen molar-refractivity contribution in [2.45, 2.75) is 39.1 Å². The molecule has 2 unspecified atom stereocenters. The smallest absolute Gasteiger partial charge is 0.194 e. The number of aliphatic imine (C=N–C) groups is 1. The van der Waals surface area contributed by atoms with Crippen LogP contribution in [0, 0.1) is 0 Å². The molecule has 0 amide bonds. The van der Waals surface area contributed by atoms with Crippen LogP contribution in [-0.2, 0) is 17.8 Å². The fraction of sp³-hybridized carbons (Fsp3) is 0.591. The van der Waals surface area contributed by atoms with Crippen LogP contribution in [0.3, 0.4) is 0 Å². The van der Waals surface area contributed by atoms with E-state index in [9.17, 15) is 0 Å². The fourth-order valence-electron chi connectivity index (χ4n) is 4.25. The van der Waals surface area contributed by atoms with E-state index in [0.717, 1.165) is 68.8 Å². The summed E-state index contributed by atoms with van der Waals surface area (Å²) in [6, 6.07) is 6.17. The molecule has 0 saturated carbocycles. The van der Waals surface area contributed by atoms with Gasteiger partial charge in [-0.25, -0.2) is 4.98 Å². The number of nitrogens with one attached hydrogen (secondary N) is 1. The summed E-state index contributed by atoms with van der Waals surface area (Å²) < 4.78 is 10.7. The molecule has 0 bridgehead atoms. The molecule has 2 aromatic rings. The zero-order valence-electron chi connectivity index (χ0n) is 19.1. The molecule has 2 aliphatic rings. The highest BCUT2D eigenvalue weighted by Gasteiger charge is 2.23. The highest BCUT2D eigenvalue weighted by molar-refractivity contribution is 14.0. The highest BCUT2D eigenvalue weighted by Crippen LogP contribution is 2.18. The van der Waals surface area contributed by atoms with E-state index < -0.39 is 0 Å². The molecule has 0 aliphatic carbocycles. The molecule has 4 heterocycles. The van der Waals surface area contributed by atoms with Crippen molar-refractivity contribution in [1.29, 1.82) is 0 Å². The Kier molecular flexibility index (Phi) is 9.11. The Balaban J connectivity index is 0.00000289. The molecular formula is C22H34IN7O2. The van der Waals surface area contributed by atoms with Crippen molar-refractivity contribution in [2.24, 2.45) is 4.99 Å². The van der Waals surface area contributed by atoms with Gasteiger partial charge in [-0.2, -0.15) is 0 Å². The molecule has 2 aliphatic heterocycles. The maximum Gasteiger partial charge on any atom is 0.194 e. The van der Waals surface area contributed by atoms with Crippen molar-refractivity contribution in [2.75, 3.05) is 51.2 Å². The van der Waals surface area contributed by atoms with E-state index in [1.807, 2.05) is 19.3 Å². The van der Waals surface area contributed by atoms with Gasteiger partial charge in [-0.15, -0.1) is 24.0 Å². The van der Waals surface area contributed by atoms with E-state index in [1.165, 1.54) is 0 Å². The summed E-state index contributed by atoms with van der Waals surface area (Å²) in [5.41, 5.74) is 2.12. The van der Waals surface area contributed by atoms with Crippen LogP contribution < -0.4 is 10.2 Å². The Morgan fingerprint density at radius 2 is 1.88 bits per heavy atom. The van der Waals surface area contributed by atoms with E-state index in [1.54, 1.807) is 6.26 Å². The molecule has 2 saturated heterocycles. The summed E-state index contributed by atoms with van der Waals surface area (Å²) in [7, 11) is 1.84. The molecule has 2 aromatic heterocycles. The lowest BCUT2D eigenvalue weighted by atomic mass is 10.2. The van der Waals surface area contributed by atoms with Gasteiger partial charge < -0.3 is 24.4 Å². The minimum atomic E-state index is 0. The summed E-state index contributed by atoms with van der Waals surface area (Å²) in [5.74, 6) is 1.94. The van der Waals surface area contributed by atoms with E-state index in [0.29, 0.717) is 6.54 Å². The van der Waals surface area contributed by atoms with Crippen LogP contribution in [0.25, 0.3) is 0 Å². The predicted molar refractivity (Wildman–Crippen MR) is 135 cm³/mol. The van der Waals surface area contributed by atoms with Gasteiger partial charge in [0, 0.05) is 71.7 Å². The second-order valence-corrected chi connectivity index (χ2v) is 8.34. The summed E-state index contributed by atoms with van der Waals surface area (Å²) in [6.07, 6.45) is 4.04. The monoisotopic (exact) mass is 555 g/mol. The van der Waals surface area contributed by atoms with Crippen LogP contribution in [0.15, 0.2) is 40.2 Å². The largest absolute Gasteiger partial charge is 0.372 e. The lowest BCUT2D eigenvalue weighted by Crippen LogP contribution is -2.52. The molecule has 32 heavy (non-hydrogen) atoms. The van der Waals surface area contributed by atoms with Crippen LogP contribution in [0.4, 0.5) is 5.82 Å². The number of piperazine rings is 1. The molecule has 0 spiro atoms. The number of hydrogen-bond acceptors (Lipinski definition) is 7. The summed E-state index contributed by atoms with van der Waals surface area (Å²) in [4.78, 5) is 16.2. The van der Waals surface area contributed by atoms with E-state index in [4.69, 9.17) is 9.26 Å². The Morgan fingerprint density at radius 1 is 1.12 bits per heavy atom. The van der Waals surface area contributed by atoms with Gasteiger partial charge in [-0.05, 0) is 25.5 Å². The zero-order chi connectivity index (χ0) is 21.6. The van der Waals surface area contributed by atoms with E-state index in [2.05, 4.69) is 61.1 Å². The van der Waals surface area contributed by atoms with Crippen LogP contribution in [0.2, 0.25) is 0 Å². The summed E-state index contributed by atoms with van der Waals surface area (Å²) in [6.45, 7) is 11.3. The summed E-state index contributed by atoms with van der Waals surface area (Å²) >= 11 is 0. The number of pyridine rings is 1. The van der Waals surface area contributed by atoms with Crippen LogP contribution in [-0.4, -0.2) is 84.4 Å². The van der Waals surface area contributed by atoms with Gasteiger partial charge in [-0.3, -0.25) is 9.89 Å². The topological polar surface area (TPSA) is 82.3 Å². The fourth-order valence-corrected chi connectivity index (χ4v) is 4.25. The molecule has 4 rings (SSSR count). The normalized spacial score (nSPS) is 22.5. The first kappa shape index (κ1) is 24.7. The van der Waals surface area contributed by atoms with Gasteiger partial charge >= 0.3 is 0 Å². The van der Waals surface area contributed by atoms with Crippen molar-refractivity contribution in [1.82, 2.24) is 25.3 Å². The molecule has 0 aromatic carbocycles. The Labute approximate surface area is 207 Å². The number of hydrogen-bond donors (Lipinski definition) is 1. The second-order valence-electron chi connectivity index (χ2n) is 8.34. The van der Waals surface area contributed by atoms with Gasteiger partial charge in [0.1, 0.15) is 12.1 Å². The Morgan fingerprint density at radius 3 is 2.47 bits per heavy atom. The second kappa shape index (κ2) is 11.8. The maximum atomic E-state index is 5.82. The van der Waals surface area contributed by atoms with Crippen molar-refractivity contribution < 1.29 is 9.26 Å². The molecule has 10 heteroatoms. The quantitative estimate of drug-likeness (QED) is 0.342. The van der Waals surface area contributed by atoms with Gasteiger partial charge in [0.2, 0.25) is 0 Å². The molecule has 9 nitrogen and oxygen atoms in total. The highest BCUT2D eigenvalue weighted by atomic mass is 127. The average molecular weight is 555 g/mol. The molecule has 1 N–H and O–H groups in total. The van der Waals surface area contributed by atoms with Crippen molar-refractivity contribution >= 4 is 35.8 Å². The van der Waals surface area contributed by atoms with Crippen molar-refractivity contribution in [3.8, 4) is 0 Å². The SMILES string of the molecule is CN=C(NCc1ccc(N2CC(C)OC(C)C2)nc1)N1CCN(Cc2ccon2)CC1.I. The number of ether oxygens (including phenoxy) is 1. The number of anilines is 1. The third kappa shape index (κ3) is 6.55. The van der Waals surface area contributed by atoms with Crippen LogP contribution >= 0.6 is 24.0 Å². The molecular weight excluding hydrogens is 521 g/mol. The predicted octanol–water partition coefficient (Wildman–Crippen LogP) is 2.19. The number of rotatable bonds is 5. The first-order valence-corrected chi connectivity index (χ1v) is 11.0. The number of aromatic nitrogens is 2. The third-order valence-electron chi connectivity index (χ3n) is 5.76. The summed E-state index contributed by atoms with van der Waals surface area (Å²) in [5, 5.41) is 7.49. The minimum Gasteiger partial charge on any atom is -0.372 e. The molecule has 0 radical (unpaired) electrons. The number of halogens is 1. The average Bonchev–Trinajstić information content (AvgIpc) is 3.28. The van der Waals surface area contributed by atoms with Crippen LogP contribution in [0.5, 0.6) is 0 Å². The Hall–Kier alpha value is -1.92. The first-order valence-electron chi connectivity index (χ1n) is 11.0.